The van der Waals surface area contributed by atoms with Crippen LogP contribution in [0.15, 0.2) is 18.2 Å². The first-order chi connectivity index (χ1) is 6.25. The maximum Gasteiger partial charge on any atom is 0.120 e. The summed E-state index contributed by atoms with van der Waals surface area (Å²) in [7, 11) is 0. The number of hydrogen-bond acceptors (Lipinski definition) is 2. The van der Waals surface area contributed by atoms with Crippen LogP contribution in [-0.2, 0) is 0 Å². The molecule has 13 heavy (non-hydrogen) atoms. The number of ether oxygens (including phenoxy) is 1. The van der Waals surface area contributed by atoms with Gasteiger partial charge in [-0.25, -0.2) is 0 Å². The summed E-state index contributed by atoms with van der Waals surface area (Å²) in [4.78, 5) is 0. The SMILES string of the molecule is Nc1ccc(OCC2CC2)cc1Cl. The Balaban J connectivity index is 1.98. The van der Waals surface area contributed by atoms with Crippen molar-refractivity contribution in [3.05, 3.63) is 23.2 Å². The Hall–Kier alpha value is -0.890. The van der Waals surface area contributed by atoms with E-state index in [0.717, 1.165) is 18.3 Å². The van der Waals surface area contributed by atoms with E-state index in [-0.39, 0.29) is 0 Å². The summed E-state index contributed by atoms with van der Waals surface area (Å²) in [6, 6.07) is 5.38. The second-order valence-corrected chi connectivity index (χ2v) is 3.84. The molecule has 1 aromatic rings. The van der Waals surface area contributed by atoms with Gasteiger partial charge in [0.05, 0.1) is 17.3 Å². The Labute approximate surface area is 82.6 Å². The number of rotatable bonds is 3. The zero-order chi connectivity index (χ0) is 9.26. The maximum atomic E-state index is 5.84. The fourth-order valence-corrected chi connectivity index (χ4v) is 1.27. The molecule has 2 nitrogen and oxygen atoms in total. The molecule has 0 bridgehead atoms. The highest BCUT2D eigenvalue weighted by atomic mass is 35.5. The molecule has 1 aromatic carbocycles. The van der Waals surface area contributed by atoms with Gasteiger partial charge >= 0.3 is 0 Å². The average Bonchev–Trinajstić information content (AvgIpc) is 2.91. The smallest absolute Gasteiger partial charge is 0.120 e. The summed E-state index contributed by atoms with van der Waals surface area (Å²) < 4.78 is 5.53. The third-order valence-electron chi connectivity index (χ3n) is 2.15. The summed E-state index contributed by atoms with van der Waals surface area (Å²) in [5.41, 5.74) is 6.17. The Bertz CT molecular complexity index is 310. The molecular formula is C10H12ClNO. The van der Waals surface area contributed by atoms with E-state index in [4.69, 9.17) is 22.1 Å². The van der Waals surface area contributed by atoms with E-state index in [0.29, 0.717) is 10.7 Å². The molecule has 1 aliphatic rings. The molecule has 1 aliphatic carbocycles. The van der Waals surface area contributed by atoms with Crippen LogP contribution in [0.25, 0.3) is 0 Å². The maximum absolute atomic E-state index is 5.84. The van der Waals surface area contributed by atoms with E-state index in [1.807, 2.05) is 6.07 Å². The zero-order valence-electron chi connectivity index (χ0n) is 7.29. The fourth-order valence-electron chi connectivity index (χ4n) is 1.10. The van der Waals surface area contributed by atoms with Gasteiger partial charge in [-0.15, -0.1) is 0 Å². The molecule has 0 atom stereocenters. The minimum atomic E-state index is 0.563. The first kappa shape index (κ1) is 8.70. The van der Waals surface area contributed by atoms with E-state index in [2.05, 4.69) is 0 Å². The molecule has 3 heteroatoms. The van der Waals surface area contributed by atoms with Gasteiger partial charge in [0, 0.05) is 6.07 Å². The highest BCUT2D eigenvalue weighted by Crippen LogP contribution is 2.30. The van der Waals surface area contributed by atoms with Gasteiger partial charge in [0.25, 0.3) is 0 Å². The topological polar surface area (TPSA) is 35.2 Å². The van der Waals surface area contributed by atoms with Crippen molar-refractivity contribution in [1.29, 1.82) is 0 Å². The first-order valence-electron chi connectivity index (χ1n) is 4.43. The van der Waals surface area contributed by atoms with E-state index >= 15 is 0 Å². The minimum absolute atomic E-state index is 0.563. The lowest BCUT2D eigenvalue weighted by molar-refractivity contribution is 0.300. The molecule has 0 spiro atoms. The van der Waals surface area contributed by atoms with Crippen LogP contribution in [0.4, 0.5) is 5.69 Å². The molecule has 0 saturated heterocycles. The normalized spacial score (nSPS) is 15.8. The average molecular weight is 198 g/mol. The lowest BCUT2D eigenvalue weighted by atomic mass is 10.3. The van der Waals surface area contributed by atoms with E-state index in [1.54, 1.807) is 12.1 Å². The summed E-state index contributed by atoms with van der Waals surface area (Å²) >= 11 is 5.84. The quantitative estimate of drug-likeness (QED) is 0.757. The van der Waals surface area contributed by atoms with E-state index in [1.165, 1.54) is 12.8 Å². The molecule has 70 valence electrons. The van der Waals surface area contributed by atoms with Crippen LogP contribution < -0.4 is 10.5 Å². The van der Waals surface area contributed by atoms with Crippen molar-refractivity contribution in [3.8, 4) is 5.75 Å². The Kier molecular flexibility index (Phi) is 2.32. The molecular weight excluding hydrogens is 186 g/mol. The molecule has 1 fully saturated rings. The van der Waals surface area contributed by atoms with E-state index < -0.39 is 0 Å². The molecule has 2 rings (SSSR count). The molecule has 2 N–H and O–H groups in total. The standard InChI is InChI=1S/C10H12ClNO/c11-9-5-8(3-4-10(9)12)13-6-7-1-2-7/h3-5,7H,1-2,6,12H2. The van der Waals surface area contributed by atoms with Crippen molar-refractivity contribution in [1.82, 2.24) is 0 Å². The monoisotopic (exact) mass is 197 g/mol. The number of anilines is 1. The summed E-state index contributed by atoms with van der Waals surface area (Å²) in [6.07, 6.45) is 2.59. The van der Waals surface area contributed by atoms with Gasteiger partial charge in [0.15, 0.2) is 0 Å². The van der Waals surface area contributed by atoms with E-state index in [9.17, 15) is 0 Å². The summed E-state index contributed by atoms with van der Waals surface area (Å²) in [6.45, 7) is 0.806. The fraction of sp³-hybridized carbons (Fsp3) is 0.400. The van der Waals surface area contributed by atoms with Crippen molar-refractivity contribution in [2.75, 3.05) is 12.3 Å². The largest absolute Gasteiger partial charge is 0.493 e. The van der Waals surface area contributed by atoms with Crippen molar-refractivity contribution >= 4 is 17.3 Å². The highest BCUT2D eigenvalue weighted by molar-refractivity contribution is 6.33. The zero-order valence-corrected chi connectivity index (χ0v) is 8.05. The van der Waals surface area contributed by atoms with Crippen LogP contribution in [0.5, 0.6) is 5.75 Å². The number of hydrogen-bond donors (Lipinski definition) is 1. The summed E-state index contributed by atoms with van der Waals surface area (Å²) in [5.74, 6) is 1.57. The Morgan fingerprint density at radius 2 is 2.23 bits per heavy atom. The lowest BCUT2D eigenvalue weighted by Crippen LogP contribution is -1.99. The molecule has 0 radical (unpaired) electrons. The molecule has 1 saturated carbocycles. The first-order valence-corrected chi connectivity index (χ1v) is 4.81. The van der Waals surface area contributed by atoms with Gasteiger partial charge in [-0.2, -0.15) is 0 Å². The Morgan fingerprint density at radius 1 is 1.46 bits per heavy atom. The molecule has 0 heterocycles. The number of nitrogen functional groups attached to an aromatic ring is 1. The van der Waals surface area contributed by atoms with Gasteiger partial charge in [-0.1, -0.05) is 11.6 Å². The van der Waals surface area contributed by atoms with Gasteiger partial charge in [0.2, 0.25) is 0 Å². The number of halogens is 1. The van der Waals surface area contributed by atoms with Crippen molar-refractivity contribution < 1.29 is 4.74 Å². The molecule has 0 aromatic heterocycles. The number of benzene rings is 1. The van der Waals surface area contributed by atoms with Crippen LogP contribution in [0.3, 0.4) is 0 Å². The van der Waals surface area contributed by atoms with Crippen molar-refractivity contribution in [2.45, 2.75) is 12.8 Å². The Morgan fingerprint density at radius 3 is 2.85 bits per heavy atom. The van der Waals surface area contributed by atoms with Crippen molar-refractivity contribution in [2.24, 2.45) is 5.92 Å². The van der Waals surface area contributed by atoms with Gasteiger partial charge in [-0.05, 0) is 30.9 Å². The lowest BCUT2D eigenvalue weighted by Gasteiger charge is -2.06. The van der Waals surface area contributed by atoms with Crippen LogP contribution >= 0.6 is 11.6 Å². The summed E-state index contributed by atoms with van der Waals surface area (Å²) in [5, 5.41) is 0.563. The van der Waals surface area contributed by atoms with Gasteiger partial charge in [-0.3, -0.25) is 0 Å². The molecule has 0 unspecified atom stereocenters. The van der Waals surface area contributed by atoms with Crippen LogP contribution in [0.1, 0.15) is 12.8 Å². The molecule has 0 amide bonds. The van der Waals surface area contributed by atoms with Crippen LogP contribution in [0.2, 0.25) is 5.02 Å². The predicted molar refractivity (Wildman–Crippen MR) is 54.1 cm³/mol. The minimum Gasteiger partial charge on any atom is -0.493 e. The van der Waals surface area contributed by atoms with Gasteiger partial charge < -0.3 is 10.5 Å². The predicted octanol–water partition coefficient (Wildman–Crippen LogP) is 2.71. The second kappa shape index (κ2) is 3.46. The van der Waals surface area contributed by atoms with Crippen LogP contribution in [0, 0.1) is 5.92 Å². The number of nitrogens with two attached hydrogens (primary N) is 1. The van der Waals surface area contributed by atoms with Crippen molar-refractivity contribution in [3.63, 3.8) is 0 Å². The third-order valence-corrected chi connectivity index (χ3v) is 2.48. The van der Waals surface area contributed by atoms with Crippen LogP contribution in [-0.4, -0.2) is 6.61 Å². The highest BCUT2D eigenvalue weighted by Gasteiger charge is 2.21. The second-order valence-electron chi connectivity index (χ2n) is 3.44. The molecule has 0 aliphatic heterocycles. The van der Waals surface area contributed by atoms with Gasteiger partial charge in [0.1, 0.15) is 5.75 Å². The third kappa shape index (κ3) is 2.28.